The van der Waals surface area contributed by atoms with Crippen LogP contribution in [0.5, 0.6) is 0 Å². The van der Waals surface area contributed by atoms with Crippen molar-refractivity contribution in [2.75, 3.05) is 24.5 Å². The van der Waals surface area contributed by atoms with Gasteiger partial charge >= 0.3 is 0 Å². The number of nitrogens with one attached hydrogen (secondary N) is 1. The van der Waals surface area contributed by atoms with E-state index in [1.54, 1.807) is 0 Å². The Bertz CT molecular complexity index is 575. The van der Waals surface area contributed by atoms with Gasteiger partial charge in [-0.05, 0) is 51.3 Å². The van der Waals surface area contributed by atoms with Crippen molar-refractivity contribution < 1.29 is 0 Å². The molecule has 0 radical (unpaired) electrons. The zero-order valence-electron chi connectivity index (χ0n) is 16.5. The van der Waals surface area contributed by atoms with Crippen molar-refractivity contribution in [3.63, 3.8) is 0 Å². The first-order chi connectivity index (χ1) is 11.6. The van der Waals surface area contributed by atoms with Crippen molar-refractivity contribution in [2.24, 2.45) is 0 Å². The first-order valence-corrected chi connectivity index (χ1v) is 9.15. The van der Waals surface area contributed by atoms with E-state index in [1.165, 1.54) is 16.7 Å². The Kier molecular flexibility index (Phi) is 8.69. The quantitative estimate of drug-likeness (QED) is 0.848. The number of piperazine rings is 1. The molecule has 1 saturated heterocycles. The summed E-state index contributed by atoms with van der Waals surface area (Å²) in [5.41, 5.74) is 4.88. The van der Waals surface area contributed by atoms with E-state index in [9.17, 15) is 0 Å². The molecular formula is C20H34N4. The zero-order valence-corrected chi connectivity index (χ0v) is 16.5. The van der Waals surface area contributed by atoms with Gasteiger partial charge in [-0.2, -0.15) is 5.10 Å². The molecule has 134 valence electrons. The molecule has 0 bridgehead atoms. The molecular weight excluding hydrogens is 296 g/mol. The molecule has 2 heterocycles. The Hall–Kier alpha value is -1.68. The van der Waals surface area contributed by atoms with Crippen LogP contribution in [0.3, 0.4) is 0 Å². The van der Waals surface area contributed by atoms with Crippen molar-refractivity contribution in [1.82, 2.24) is 15.5 Å². The summed E-state index contributed by atoms with van der Waals surface area (Å²) in [5, 5.41) is 12.5. The van der Waals surface area contributed by atoms with E-state index >= 15 is 0 Å². The third kappa shape index (κ3) is 5.17. The minimum Gasteiger partial charge on any atom is -0.352 e. The lowest BCUT2D eigenvalue weighted by atomic mass is 10.0. The molecule has 1 atom stereocenters. The molecule has 1 aliphatic heterocycles. The van der Waals surface area contributed by atoms with Gasteiger partial charge in [0.05, 0.1) is 5.69 Å². The molecule has 1 aromatic heterocycles. The van der Waals surface area contributed by atoms with Crippen LogP contribution >= 0.6 is 0 Å². The number of anilines is 1. The van der Waals surface area contributed by atoms with Crippen LogP contribution in [-0.4, -0.2) is 35.9 Å². The number of nitrogens with zero attached hydrogens (tertiary/aromatic N) is 3. The summed E-state index contributed by atoms with van der Waals surface area (Å²) in [5.74, 6) is 1.04. The lowest BCUT2D eigenvalue weighted by molar-refractivity contribution is 0.480. The molecule has 24 heavy (non-hydrogen) atoms. The van der Waals surface area contributed by atoms with Crippen LogP contribution in [0.4, 0.5) is 5.82 Å². The van der Waals surface area contributed by atoms with Gasteiger partial charge in [-0.1, -0.05) is 32.1 Å². The first kappa shape index (κ1) is 20.4. The molecule has 4 nitrogen and oxygen atoms in total. The van der Waals surface area contributed by atoms with Gasteiger partial charge in [0.2, 0.25) is 0 Å². The Morgan fingerprint density at radius 3 is 2.50 bits per heavy atom. The molecule has 0 aromatic carbocycles. The van der Waals surface area contributed by atoms with Gasteiger partial charge in [-0.15, -0.1) is 5.10 Å². The number of hydrogen-bond acceptors (Lipinski definition) is 4. The highest BCUT2D eigenvalue weighted by Crippen LogP contribution is 2.23. The third-order valence-electron chi connectivity index (χ3n) is 4.39. The van der Waals surface area contributed by atoms with Crippen LogP contribution < -0.4 is 10.2 Å². The van der Waals surface area contributed by atoms with Gasteiger partial charge in [-0.25, -0.2) is 0 Å². The third-order valence-corrected chi connectivity index (χ3v) is 4.39. The predicted molar refractivity (Wildman–Crippen MR) is 105 cm³/mol. The van der Waals surface area contributed by atoms with Crippen LogP contribution in [0, 0.1) is 13.8 Å². The predicted octanol–water partition coefficient (Wildman–Crippen LogP) is 3.98. The second kappa shape index (κ2) is 10.2. The maximum atomic E-state index is 4.54. The van der Waals surface area contributed by atoms with Crippen LogP contribution in [0.25, 0.3) is 0 Å². The highest BCUT2D eigenvalue weighted by atomic mass is 15.3. The summed E-state index contributed by atoms with van der Waals surface area (Å²) in [6, 6.07) is 0.499. The van der Waals surface area contributed by atoms with Crippen molar-refractivity contribution in [1.29, 1.82) is 0 Å². The zero-order chi connectivity index (χ0) is 18.1. The summed E-state index contributed by atoms with van der Waals surface area (Å²) < 4.78 is 0. The number of allylic oxidation sites excluding steroid dienone is 4. The van der Waals surface area contributed by atoms with Crippen LogP contribution in [0.2, 0.25) is 0 Å². The molecule has 1 unspecified atom stereocenters. The fourth-order valence-electron chi connectivity index (χ4n) is 2.90. The molecule has 1 N–H and O–H groups in total. The van der Waals surface area contributed by atoms with E-state index in [1.807, 2.05) is 20.8 Å². The Labute approximate surface area is 148 Å². The van der Waals surface area contributed by atoms with Gasteiger partial charge in [-0.3, -0.25) is 0 Å². The lowest BCUT2D eigenvalue weighted by Crippen LogP contribution is -2.49. The van der Waals surface area contributed by atoms with Crippen molar-refractivity contribution >= 4 is 5.82 Å². The van der Waals surface area contributed by atoms with Gasteiger partial charge in [0, 0.05) is 32.1 Å². The molecule has 1 aliphatic rings. The molecule has 2 rings (SSSR count). The lowest BCUT2D eigenvalue weighted by Gasteiger charge is -2.33. The Morgan fingerprint density at radius 1 is 1.21 bits per heavy atom. The summed E-state index contributed by atoms with van der Waals surface area (Å²) in [6.45, 7) is 17.7. The Balaban J connectivity index is 0.00000139. The molecule has 0 amide bonds. The summed E-state index contributed by atoms with van der Waals surface area (Å²) in [6.07, 6.45) is 7.20. The molecule has 0 saturated carbocycles. The monoisotopic (exact) mass is 330 g/mol. The second-order valence-electron chi connectivity index (χ2n) is 6.06. The largest absolute Gasteiger partial charge is 0.352 e. The summed E-state index contributed by atoms with van der Waals surface area (Å²) >= 11 is 0. The maximum absolute atomic E-state index is 4.54. The molecule has 4 heteroatoms. The minimum atomic E-state index is 0.499. The average Bonchev–Trinajstić information content (AvgIpc) is 2.60. The summed E-state index contributed by atoms with van der Waals surface area (Å²) in [4.78, 5) is 2.35. The highest BCUT2D eigenvalue weighted by molar-refractivity contribution is 5.51. The van der Waals surface area contributed by atoms with Crippen molar-refractivity contribution in [3.05, 3.63) is 40.6 Å². The van der Waals surface area contributed by atoms with Crippen LogP contribution in [0.15, 0.2) is 23.8 Å². The van der Waals surface area contributed by atoms with E-state index in [0.29, 0.717) is 6.04 Å². The van der Waals surface area contributed by atoms with E-state index in [2.05, 4.69) is 66.3 Å². The van der Waals surface area contributed by atoms with Gasteiger partial charge in [0.15, 0.2) is 5.82 Å². The van der Waals surface area contributed by atoms with E-state index in [4.69, 9.17) is 0 Å². The normalized spacial score (nSPS) is 18.5. The average molecular weight is 331 g/mol. The smallest absolute Gasteiger partial charge is 0.154 e. The van der Waals surface area contributed by atoms with E-state index in [-0.39, 0.29) is 0 Å². The SMILES string of the molecule is C/C=C\C(=C/C)Cc1nnc(N2CCNC(C)C2)c(C)c1C.CC. The van der Waals surface area contributed by atoms with Gasteiger partial charge in [0.1, 0.15) is 0 Å². The van der Waals surface area contributed by atoms with Gasteiger partial charge < -0.3 is 10.2 Å². The maximum Gasteiger partial charge on any atom is 0.154 e. The highest BCUT2D eigenvalue weighted by Gasteiger charge is 2.20. The number of hydrogen-bond donors (Lipinski definition) is 1. The molecule has 0 spiro atoms. The first-order valence-electron chi connectivity index (χ1n) is 9.15. The van der Waals surface area contributed by atoms with Crippen LogP contribution in [0.1, 0.15) is 51.4 Å². The number of rotatable bonds is 4. The topological polar surface area (TPSA) is 41.1 Å². The fraction of sp³-hybridized carbons (Fsp3) is 0.600. The van der Waals surface area contributed by atoms with E-state index < -0.39 is 0 Å². The van der Waals surface area contributed by atoms with Crippen LogP contribution in [-0.2, 0) is 6.42 Å². The minimum absolute atomic E-state index is 0.499. The van der Waals surface area contributed by atoms with Crippen molar-refractivity contribution in [2.45, 2.75) is 60.9 Å². The van der Waals surface area contributed by atoms with Gasteiger partial charge in [0.25, 0.3) is 0 Å². The molecule has 1 aromatic rings. The molecule has 1 fully saturated rings. The summed E-state index contributed by atoms with van der Waals surface area (Å²) in [7, 11) is 0. The van der Waals surface area contributed by atoms with E-state index in [0.717, 1.165) is 37.6 Å². The molecule has 0 aliphatic carbocycles. The fourth-order valence-corrected chi connectivity index (χ4v) is 2.90. The standard InChI is InChI=1S/C18H28N4.C2H6/c1-6-8-16(7-2)11-17-14(4)15(5)18(21-20-17)22-10-9-19-13(3)12-22;1-2/h6-8,13,19H,9-12H2,1-5H3;1-2H3/b8-6-,16-7+;. The number of aromatic nitrogens is 2. The Morgan fingerprint density at radius 2 is 1.92 bits per heavy atom. The second-order valence-corrected chi connectivity index (χ2v) is 6.06. The van der Waals surface area contributed by atoms with Crippen molar-refractivity contribution in [3.8, 4) is 0 Å².